The highest BCUT2D eigenvalue weighted by atomic mass is 32.1. The Morgan fingerprint density at radius 1 is 1.42 bits per heavy atom. The van der Waals surface area contributed by atoms with E-state index < -0.39 is 11.9 Å². The predicted octanol–water partition coefficient (Wildman–Crippen LogP) is 1.98. The topological polar surface area (TPSA) is 105 Å². The van der Waals surface area contributed by atoms with E-state index in [1.807, 2.05) is 0 Å². The molecular weight excluding hydrogens is 266 g/mol. The molecule has 1 amide bonds. The van der Waals surface area contributed by atoms with Crippen LogP contribution in [0.1, 0.15) is 26.4 Å². The minimum atomic E-state index is -1.09. The lowest BCUT2D eigenvalue weighted by Gasteiger charge is -2.09. The van der Waals surface area contributed by atoms with Crippen LogP contribution in [0.3, 0.4) is 0 Å². The number of hydrogen-bond acceptors (Lipinski definition) is 5. The van der Waals surface area contributed by atoms with E-state index in [0.717, 1.165) is 11.3 Å². The van der Waals surface area contributed by atoms with Gasteiger partial charge in [-0.3, -0.25) is 4.79 Å². The summed E-state index contributed by atoms with van der Waals surface area (Å²) in [5.41, 5.74) is 6.49. The summed E-state index contributed by atoms with van der Waals surface area (Å²) >= 11 is 1.15. The molecule has 0 atom stereocenters. The maximum atomic E-state index is 11.9. The first-order valence-corrected chi connectivity index (χ1v) is 6.22. The number of nitrogens with one attached hydrogen (secondary N) is 1. The number of carbonyl (C=O) groups excluding carboxylic acids is 1. The summed E-state index contributed by atoms with van der Waals surface area (Å²) in [7, 11) is 0. The molecule has 0 bridgehead atoms. The van der Waals surface area contributed by atoms with Crippen molar-refractivity contribution in [2.24, 2.45) is 0 Å². The van der Waals surface area contributed by atoms with Crippen LogP contribution in [0.5, 0.6) is 0 Å². The van der Waals surface area contributed by atoms with Crippen molar-refractivity contribution in [2.75, 3.05) is 11.1 Å². The van der Waals surface area contributed by atoms with Crippen LogP contribution in [-0.4, -0.2) is 22.0 Å². The van der Waals surface area contributed by atoms with Gasteiger partial charge in [0.2, 0.25) is 0 Å². The van der Waals surface area contributed by atoms with Crippen molar-refractivity contribution < 1.29 is 14.7 Å². The van der Waals surface area contributed by atoms with Crippen LogP contribution in [-0.2, 0) is 0 Å². The Morgan fingerprint density at radius 2 is 2.16 bits per heavy atom. The number of aromatic nitrogens is 1. The minimum absolute atomic E-state index is 0.0686. The molecule has 6 nitrogen and oxygen atoms in total. The third-order valence-electron chi connectivity index (χ3n) is 2.49. The summed E-state index contributed by atoms with van der Waals surface area (Å²) in [6, 6.07) is 4.87. The second-order valence-electron chi connectivity index (χ2n) is 3.83. The van der Waals surface area contributed by atoms with E-state index >= 15 is 0 Å². The first-order chi connectivity index (χ1) is 8.99. The Kier molecular flexibility index (Phi) is 3.48. The molecule has 98 valence electrons. The normalized spacial score (nSPS) is 10.2. The van der Waals surface area contributed by atoms with Crippen molar-refractivity contribution in [3.05, 3.63) is 40.4 Å². The van der Waals surface area contributed by atoms with Gasteiger partial charge in [-0.2, -0.15) is 0 Å². The van der Waals surface area contributed by atoms with Crippen LogP contribution in [0.2, 0.25) is 0 Å². The fraction of sp³-hybridized carbons (Fsp3) is 0.0833. The van der Waals surface area contributed by atoms with Gasteiger partial charge in [0.1, 0.15) is 5.69 Å². The standard InChI is InChI=1S/C12H11N3O3S/c1-6-3-2-4-7(9(6)11(17)18)14-10(16)8-5-19-12(13)15-8/h2-5H,1H3,(H2,13,15)(H,14,16)(H,17,18). The van der Waals surface area contributed by atoms with E-state index in [0.29, 0.717) is 5.56 Å². The molecule has 1 aromatic carbocycles. The molecule has 0 unspecified atom stereocenters. The number of benzene rings is 1. The average Bonchev–Trinajstić information content (AvgIpc) is 2.75. The number of hydrogen-bond donors (Lipinski definition) is 3. The number of anilines is 2. The third kappa shape index (κ3) is 2.71. The molecule has 0 spiro atoms. The molecule has 4 N–H and O–H groups in total. The predicted molar refractivity (Wildman–Crippen MR) is 72.6 cm³/mol. The molecule has 0 aliphatic carbocycles. The number of nitrogens with two attached hydrogens (primary N) is 1. The van der Waals surface area contributed by atoms with Gasteiger partial charge in [0, 0.05) is 5.38 Å². The van der Waals surface area contributed by atoms with E-state index in [4.69, 9.17) is 10.8 Å². The lowest BCUT2D eigenvalue weighted by molar-refractivity contribution is 0.0697. The molecule has 0 aliphatic rings. The number of thiazole rings is 1. The Bertz CT molecular complexity index is 651. The van der Waals surface area contributed by atoms with Crippen molar-refractivity contribution in [3.63, 3.8) is 0 Å². The Balaban J connectivity index is 2.31. The number of rotatable bonds is 3. The minimum Gasteiger partial charge on any atom is -0.478 e. The Labute approximate surface area is 112 Å². The highest BCUT2D eigenvalue weighted by Crippen LogP contribution is 2.21. The number of aryl methyl sites for hydroxylation is 1. The molecule has 2 aromatic rings. The van der Waals surface area contributed by atoms with Gasteiger partial charge in [-0.15, -0.1) is 11.3 Å². The monoisotopic (exact) mass is 277 g/mol. The zero-order valence-electron chi connectivity index (χ0n) is 10.0. The zero-order valence-corrected chi connectivity index (χ0v) is 10.8. The first kappa shape index (κ1) is 13.0. The van der Waals surface area contributed by atoms with Crippen LogP contribution >= 0.6 is 11.3 Å². The molecule has 0 radical (unpaired) electrons. The number of aromatic carboxylic acids is 1. The lowest BCUT2D eigenvalue weighted by Crippen LogP contribution is -2.16. The molecule has 0 fully saturated rings. The van der Waals surface area contributed by atoms with Crippen molar-refractivity contribution in [3.8, 4) is 0 Å². The second-order valence-corrected chi connectivity index (χ2v) is 4.72. The second kappa shape index (κ2) is 5.07. The smallest absolute Gasteiger partial charge is 0.338 e. The summed E-state index contributed by atoms with van der Waals surface area (Å²) in [4.78, 5) is 26.9. The zero-order chi connectivity index (χ0) is 14.0. The highest BCUT2D eigenvalue weighted by molar-refractivity contribution is 7.13. The molecule has 2 rings (SSSR count). The summed E-state index contributed by atoms with van der Waals surface area (Å²) in [6.07, 6.45) is 0. The molecule has 0 aliphatic heterocycles. The SMILES string of the molecule is Cc1cccc(NC(=O)c2csc(N)n2)c1C(=O)O. The largest absolute Gasteiger partial charge is 0.478 e. The maximum Gasteiger partial charge on any atom is 0.338 e. The highest BCUT2D eigenvalue weighted by Gasteiger charge is 2.16. The molecule has 19 heavy (non-hydrogen) atoms. The Morgan fingerprint density at radius 3 is 2.74 bits per heavy atom. The summed E-state index contributed by atoms with van der Waals surface area (Å²) in [5.74, 6) is -1.58. The molecule has 7 heteroatoms. The van der Waals surface area contributed by atoms with Crippen molar-refractivity contribution in [2.45, 2.75) is 6.92 Å². The summed E-state index contributed by atoms with van der Waals surface area (Å²) < 4.78 is 0. The van der Waals surface area contributed by atoms with Gasteiger partial charge in [0.25, 0.3) is 5.91 Å². The number of nitrogen functional groups attached to an aromatic ring is 1. The molecule has 0 saturated heterocycles. The summed E-state index contributed by atoms with van der Waals surface area (Å²) in [5, 5.41) is 13.5. The van der Waals surface area contributed by atoms with Crippen LogP contribution in [0.4, 0.5) is 10.8 Å². The average molecular weight is 277 g/mol. The van der Waals surface area contributed by atoms with E-state index in [-0.39, 0.29) is 22.1 Å². The van der Waals surface area contributed by atoms with Gasteiger partial charge in [-0.05, 0) is 18.6 Å². The molecule has 0 saturated carbocycles. The van der Waals surface area contributed by atoms with E-state index in [9.17, 15) is 9.59 Å². The first-order valence-electron chi connectivity index (χ1n) is 5.34. The number of carbonyl (C=O) groups is 2. The van der Waals surface area contributed by atoms with Crippen LogP contribution in [0.25, 0.3) is 0 Å². The van der Waals surface area contributed by atoms with E-state index in [2.05, 4.69) is 10.3 Å². The van der Waals surface area contributed by atoms with Gasteiger partial charge in [-0.25, -0.2) is 9.78 Å². The van der Waals surface area contributed by atoms with Crippen molar-refractivity contribution in [1.29, 1.82) is 0 Å². The van der Waals surface area contributed by atoms with Gasteiger partial charge in [0.05, 0.1) is 11.3 Å². The van der Waals surface area contributed by atoms with E-state index in [1.54, 1.807) is 19.1 Å². The van der Waals surface area contributed by atoms with Gasteiger partial charge >= 0.3 is 5.97 Å². The number of amides is 1. The fourth-order valence-electron chi connectivity index (χ4n) is 1.63. The Hall–Kier alpha value is -2.41. The number of carboxylic acids is 1. The molecule has 1 aromatic heterocycles. The quantitative estimate of drug-likeness (QED) is 0.795. The lowest BCUT2D eigenvalue weighted by atomic mass is 10.1. The molecular formula is C12H11N3O3S. The van der Waals surface area contributed by atoms with Gasteiger partial charge in [0.15, 0.2) is 5.13 Å². The maximum absolute atomic E-state index is 11.9. The molecule has 1 heterocycles. The number of nitrogens with zero attached hydrogens (tertiary/aromatic N) is 1. The van der Waals surface area contributed by atoms with Crippen LogP contribution in [0, 0.1) is 6.92 Å². The number of carboxylic acid groups (broad SMARTS) is 1. The van der Waals surface area contributed by atoms with Crippen molar-refractivity contribution in [1.82, 2.24) is 4.98 Å². The fourth-order valence-corrected chi connectivity index (χ4v) is 2.18. The van der Waals surface area contributed by atoms with Crippen LogP contribution in [0.15, 0.2) is 23.6 Å². The van der Waals surface area contributed by atoms with Gasteiger partial charge in [-0.1, -0.05) is 12.1 Å². The van der Waals surface area contributed by atoms with E-state index in [1.165, 1.54) is 11.4 Å². The summed E-state index contributed by atoms with van der Waals surface area (Å²) in [6.45, 7) is 1.67. The third-order valence-corrected chi connectivity index (χ3v) is 3.16. The van der Waals surface area contributed by atoms with Crippen LogP contribution < -0.4 is 11.1 Å². The van der Waals surface area contributed by atoms with Crippen molar-refractivity contribution >= 4 is 34.0 Å². The van der Waals surface area contributed by atoms with Gasteiger partial charge < -0.3 is 16.2 Å².